The number of furan rings is 1. The Balaban J connectivity index is 1.13. The first-order valence-electron chi connectivity index (χ1n) is 23.1. The van der Waals surface area contributed by atoms with Crippen LogP contribution in [0.1, 0.15) is 22.3 Å². The second-order valence-corrected chi connectivity index (χ2v) is 17.6. The van der Waals surface area contributed by atoms with Crippen LogP contribution in [0.25, 0.3) is 77.2 Å². The highest BCUT2D eigenvalue weighted by molar-refractivity contribution is 6.11. The van der Waals surface area contributed by atoms with Gasteiger partial charge in [-0.2, -0.15) is 0 Å². The summed E-state index contributed by atoms with van der Waals surface area (Å²) in [4.78, 5) is 2.51. The molecule has 0 spiro atoms. The van der Waals surface area contributed by atoms with Crippen molar-refractivity contribution >= 4 is 49.8 Å². The number of rotatable bonds is 8. The summed E-state index contributed by atoms with van der Waals surface area (Å²) in [5.41, 5.74) is 18.5. The van der Waals surface area contributed by atoms with Crippen molar-refractivity contribution in [3.63, 3.8) is 0 Å². The van der Waals surface area contributed by atoms with Gasteiger partial charge in [-0.3, -0.25) is 0 Å². The van der Waals surface area contributed by atoms with Crippen molar-refractivity contribution in [1.82, 2.24) is 0 Å². The van der Waals surface area contributed by atoms with Crippen molar-refractivity contribution in [3.8, 4) is 44.5 Å². The first-order valence-corrected chi connectivity index (χ1v) is 23.1. The molecule has 2 nitrogen and oxygen atoms in total. The average molecular weight is 854 g/mol. The molecule has 11 aromatic carbocycles. The second-order valence-electron chi connectivity index (χ2n) is 17.6. The molecule has 0 unspecified atom stereocenters. The molecule has 0 radical (unpaired) electrons. The Kier molecular flexibility index (Phi) is 9.11. The summed E-state index contributed by atoms with van der Waals surface area (Å²) in [6, 6.07) is 95.3. The van der Waals surface area contributed by atoms with Crippen LogP contribution in [0.2, 0.25) is 0 Å². The Bertz CT molecular complexity index is 3770. The van der Waals surface area contributed by atoms with E-state index in [1.165, 1.54) is 44.2 Å². The molecule has 314 valence electrons. The highest BCUT2D eigenvalue weighted by Gasteiger charge is 2.46. The Morgan fingerprint density at radius 2 is 0.896 bits per heavy atom. The minimum absolute atomic E-state index is 0.579. The first-order chi connectivity index (χ1) is 33.2. The van der Waals surface area contributed by atoms with E-state index in [0.717, 1.165) is 72.4 Å². The van der Waals surface area contributed by atoms with Crippen molar-refractivity contribution in [1.29, 1.82) is 0 Å². The number of para-hydroxylation sites is 3. The highest BCUT2D eigenvalue weighted by atomic mass is 16.3. The molecule has 13 rings (SSSR count). The lowest BCUT2D eigenvalue weighted by Gasteiger charge is -2.35. The maximum Gasteiger partial charge on any atom is 0.143 e. The quantitative estimate of drug-likeness (QED) is 0.151. The van der Waals surface area contributed by atoms with Gasteiger partial charge in [0, 0.05) is 33.2 Å². The second kappa shape index (κ2) is 15.8. The largest absolute Gasteiger partial charge is 0.455 e. The van der Waals surface area contributed by atoms with Crippen LogP contribution in [0.3, 0.4) is 0 Å². The van der Waals surface area contributed by atoms with E-state index in [-0.39, 0.29) is 0 Å². The Morgan fingerprint density at radius 3 is 1.70 bits per heavy atom. The minimum Gasteiger partial charge on any atom is -0.455 e. The van der Waals surface area contributed by atoms with Gasteiger partial charge in [-0.25, -0.2) is 0 Å². The molecular formula is C65H43NO. The standard InChI is InChI=1S/C65H43NO/c1-4-20-45(21-5-1)52-39-37-48(47-36-35-44-19-10-11-22-46(44)41-47)42-62(52)66(61-33-16-13-28-55(61)57-30-18-31-58-56-29-14-17-34-63(56)67-64(57)58)51-38-40-54-53-27-12-15-32-59(53)65(60(54)43-51,49-23-6-2-7-24-49)50-25-8-3-9-26-50/h1-43H. The number of fused-ring (bicyclic) bond motifs is 7. The molecule has 0 fully saturated rings. The lowest BCUT2D eigenvalue weighted by atomic mass is 9.67. The van der Waals surface area contributed by atoms with E-state index in [1.54, 1.807) is 0 Å². The van der Waals surface area contributed by atoms with Gasteiger partial charge in [-0.15, -0.1) is 0 Å². The third-order valence-corrected chi connectivity index (χ3v) is 13.9. The molecule has 0 amide bonds. The van der Waals surface area contributed by atoms with E-state index in [0.29, 0.717) is 0 Å². The summed E-state index contributed by atoms with van der Waals surface area (Å²) in [6.45, 7) is 0. The van der Waals surface area contributed by atoms with Crippen LogP contribution in [0.5, 0.6) is 0 Å². The third-order valence-electron chi connectivity index (χ3n) is 13.9. The third kappa shape index (κ3) is 6.18. The van der Waals surface area contributed by atoms with E-state index in [4.69, 9.17) is 4.42 Å². The maximum atomic E-state index is 6.79. The zero-order chi connectivity index (χ0) is 44.3. The fourth-order valence-electron chi connectivity index (χ4n) is 11.0. The fourth-order valence-corrected chi connectivity index (χ4v) is 11.0. The summed E-state index contributed by atoms with van der Waals surface area (Å²) < 4.78 is 6.79. The van der Waals surface area contributed by atoms with Crippen LogP contribution < -0.4 is 4.90 Å². The van der Waals surface area contributed by atoms with Gasteiger partial charge < -0.3 is 9.32 Å². The number of hydrogen-bond acceptors (Lipinski definition) is 2. The van der Waals surface area contributed by atoms with E-state index >= 15 is 0 Å². The molecule has 0 aliphatic heterocycles. The van der Waals surface area contributed by atoms with Gasteiger partial charge in [-0.05, 0) is 97.2 Å². The van der Waals surface area contributed by atoms with E-state index in [1.807, 2.05) is 6.07 Å². The van der Waals surface area contributed by atoms with Crippen LogP contribution >= 0.6 is 0 Å². The average Bonchev–Trinajstić information content (AvgIpc) is 3.93. The molecule has 2 heteroatoms. The number of benzene rings is 11. The monoisotopic (exact) mass is 853 g/mol. The predicted molar refractivity (Wildman–Crippen MR) is 280 cm³/mol. The Labute approximate surface area is 390 Å². The maximum absolute atomic E-state index is 6.79. The molecule has 0 saturated carbocycles. The summed E-state index contributed by atoms with van der Waals surface area (Å²) in [6.07, 6.45) is 0. The zero-order valence-electron chi connectivity index (χ0n) is 36.7. The van der Waals surface area contributed by atoms with Crippen molar-refractivity contribution in [2.45, 2.75) is 5.41 Å². The SMILES string of the molecule is c1ccc(-c2ccc(-c3ccc4ccccc4c3)cc2N(c2ccc3c(c2)C(c2ccccc2)(c2ccccc2)c2ccccc2-3)c2ccccc2-c2cccc3c2oc2ccccc23)cc1. The van der Waals surface area contributed by atoms with Crippen molar-refractivity contribution in [3.05, 3.63) is 283 Å². The minimum atomic E-state index is -0.579. The van der Waals surface area contributed by atoms with Crippen LogP contribution in [0.4, 0.5) is 17.1 Å². The van der Waals surface area contributed by atoms with Gasteiger partial charge in [0.2, 0.25) is 0 Å². The summed E-state index contributed by atoms with van der Waals surface area (Å²) in [7, 11) is 0. The molecule has 1 aliphatic carbocycles. The van der Waals surface area contributed by atoms with Crippen LogP contribution in [0, 0.1) is 0 Å². The Hall–Kier alpha value is -8.72. The zero-order valence-corrected chi connectivity index (χ0v) is 36.7. The van der Waals surface area contributed by atoms with Crippen LogP contribution in [0.15, 0.2) is 265 Å². The first kappa shape index (κ1) is 38.7. The lowest BCUT2D eigenvalue weighted by Crippen LogP contribution is -2.28. The lowest BCUT2D eigenvalue weighted by molar-refractivity contribution is 0.670. The van der Waals surface area contributed by atoms with Gasteiger partial charge in [0.1, 0.15) is 11.2 Å². The molecule has 12 aromatic rings. The molecule has 0 N–H and O–H groups in total. The van der Waals surface area contributed by atoms with E-state index < -0.39 is 5.41 Å². The molecule has 0 saturated heterocycles. The van der Waals surface area contributed by atoms with Gasteiger partial charge in [0.05, 0.1) is 16.8 Å². The van der Waals surface area contributed by atoms with E-state index in [9.17, 15) is 0 Å². The predicted octanol–water partition coefficient (Wildman–Crippen LogP) is 17.6. The number of anilines is 3. The summed E-state index contributed by atoms with van der Waals surface area (Å²) in [5.74, 6) is 0. The molecule has 1 aromatic heterocycles. The fraction of sp³-hybridized carbons (Fsp3) is 0.0154. The van der Waals surface area contributed by atoms with E-state index in [2.05, 4.69) is 260 Å². The van der Waals surface area contributed by atoms with Crippen molar-refractivity contribution in [2.75, 3.05) is 4.90 Å². The Morgan fingerprint density at radius 1 is 0.313 bits per heavy atom. The molecular weight excluding hydrogens is 811 g/mol. The molecule has 1 aliphatic rings. The van der Waals surface area contributed by atoms with Gasteiger partial charge in [-0.1, -0.05) is 224 Å². The topological polar surface area (TPSA) is 16.4 Å². The van der Waals surface area contributed by atoms with Crippen molar-refractivity contribution in [2.24, 2.45) is 0 Å². The molecule has 67 heavy (non-hydrogen) atoms. The van der Waals surface area contributed by atoms with Gasteiger partial charge >= 0.3 is 0 Å². The van der Waals surface area contributed by atoms with Gasteiger partial charge in [0.15, 0.2) is 0 Å². The smallest absolute Gasteiger partial charge is 0.143 e. The summed E-state index contributed by atoms with van der Waals surface area (Å²) in [5, 5.41) is 4.65. The molecule has 0 atom stereocenters. The highest BCUT2D eigenvalue weighted by Crippen LogP contribution is 2.58. The van der Waals surface area contributed by atoms with Crippen LogP contribution in [-0.4, -0.2) is 0 Å². The molecule has 0 bridgehead atoms. The van der Waals surface area contributed by atoms with Crippen molar-refractivity contribution < 1.29 is 4.42 Å². The number of hydrogen-bond donors (Lipinski definition) is 0. The molecule has 1 heterocycles. The van der Waals surface area contributed by atoms with Gasteiger partial charge in [0.25, 0.3) is 0 Å². The van der Waals surface area contributed by atoms with Crippen LogP contribution in [-0.2, 0) is 5.41 Å². The normalized spacial score (nSPS) is 12.6. The number of nitrogens with zero attached hydrogens (tertiary/aromatic N) is 1. The summed E-state index contributed by atoms with van der Waals surface area (Å²) >= 11 is 0.